The van der Waals surface area contributed by atoms with Gasteiger partial charge in [0.1, 0.15) is 11.6 Å². The average molecular weight is 552 g/mol. The fourth-order valence-corrected chi connectivity index (χ4v) is 4.51. The van der Waals surface area contributed by atoms with Crippen molar-refractivity contribution in [3.63, 3.8) is 0 Å². The van der Waals surface area contributed by atoms with E-state index < -0.39 is 11.6 Å². The van der Waals surface area contributed by atoms with Crippen molar-refractivity contribution in [1.29, 1.82) is 0 Å². The summed E-state index contributed by atoms with van der Waals surface area (Å²) in [5, 5.41) is 6.54. The van der Waals surface area contributed by atoms with Crippen molar-refractivity contribution < 1.29 is 13.6 Å². The number of halogens is 2. The van der Waals surface area contributed by atoms with Crippen LogP contribution in [0.5, 0.6) is 0 Å². The number of amides is 1. The Hall–Kier alpha value is -3.09. The number of unbranched alkanes of at least 4 members (excludes halogenated alkanes) is 2. The van der Waals surface area contributed by atoms with Gasteiger partial charge in [0.2, 0.25) is 0 Å². The summed E-state index contributed by atoms with van der Waals surface area (Å²) < 4.78 is 24.4. The Bertz CT molecular complexity index is 1130. The molecule has 0 radical (unpaired) electrons. The van der Waals surface area contributed by atoms with E-state index in [2.05, 4.69) is 73.7 Å². The molecule has 0 bridgehead atoms. The van der Waals surface area contributed by atoms with Crippen molar-refractivity contribution in [1.82, 2.24) is 15.5 Å². The zero-order chi connectivity index (χ0) is 29.3. The molecule has 40 heavy (non-hydrogen) atoms. The molecule has 0 aliphatic rings. The van der Waals surface area contributed by atoms with Gasteiger partial charge >= 0.3 is 0 Å². The summed E-state index contributed by atoms with van der Waals surface area (Å²) in [6.45, 7) is 12.5. The normalized spacial score (nSPS) is 10.8. The molecule has 0 fully saturated rings. The SMILES string of the molecule is CCCCCN(C)Cc1cc(C)cc(C(=O)NCCCNCc2cccc(CC)c2)c1.Cc1cc(F)cc(F)c1. The number of hydrogen-bond donors (Lipinski definition) is 2. The van der Waals surface area contributed by atoms with Gasteiger partial charge in [-0.15, -0.1) is 0 Å². The number of nitrogens with one attached hydrogen (secondary N) is 2. The summed E-state index contributed by atoms with van der Waals surface area (Å²) in [4.78, 5) is 15.0. The van der Waals surface area contributed by atoms with Gasteiger partial charge in [0, 0.05) is 31.3 Å². The van der Waals surface area contributed by atoms with Gasteiger partial charge in [0.25, 0.3) is 5.91 Å². The van der Waals surface area contributed by atoms with Gasteiger partial charge in [-0.2, -0.15) is 0 Å². The van der Waals surface area contributed by atoms with Crippen molar-refractivity contribution in [2.24, 2.45) is 0 Å². The topological polar surface area (TPSA) is 44.4 Å². The van der Waals surface area contributed by atoms with Gasteiger partial charge in [0.05, 0.1) is 0 Å². The lowest BCUT2D eigenvalue weighted by molar-refractivity contribution is 0.0953. The van der Waals surface area contributed by atoms with Crippen LogP contribution in [0.3, 0.4) is 0 Å². The van der Waals surface area contributed by atoms with E-state index in [1.54, 1.807) is 6.92 Å². The molecule has 0 saturated carbocycles. The third kappa shape index (κ3) is 13.3. The lowest BCUT2D eigenvalue weighted by Crippen LogP contribution is -2.27. The Morgan fingerprint density at radius 1 is 0.800 bits per heavy atom. The van der Waals surface area contributed by atoms with Crippen LogP contribution < -0.4 is 10.6 Å². The molecule has 6 heteroatoms. The van der Waals surface area contributed by atoms with Crippen molar-refractivity contribution in [3.05, 3.63) is 106 Å². The van der Waals surface area contributed by atoms with Crippen molar-refractivity contribution >= 4 is 5.91 Å². The molecular formula is C34H47F2N3O. The van der Waals surface area contributed by atoms with Gasteiger partial charge in [-0.3, -0.25) is 4.79 Å². The van der Waals surface area contributed by atoms with Crippen LogP contribution in [-0.4, -0.2) is 37.5 Å². The molecule has 0 aliphatic carbocycles. The van der Waals surface area contributed by atoms with E-state index in [9.17, 15) is 13.6 Å². The van der Waals surface area contributed by atoms with Gasteiger partial charge in [-0.25, -0.2) is 8.78 Å². The molecule has 0 aromatic heterocycles. The molecule has 218 valence electrons. The summed E-state index contributed by atoms with van der Waals surface area (Å²) in [5.41, 5.74) is 6.40. The minimum absolute atomic E-state index is 0.0224. The third-order valence-electron chi connectivity index (χ3n) is 6.55. The quantitative estimate of drug-likeness (QED) is 0.206. The van der Waals surface area contributed by atoms with E-state index in [-0.39, 0.29) is 5.91 Å². The fraction of sp³-hybridized carbons (Fsp3) is 0.441. The van der Waals surface area contributed by atoms with E-state index in [0.29, 0.717) is 12.1 Å². The highest BCUT2D eigenvalue weighted by Gasteiger charge is 2.09. The molecule has 1 amide bonds. The summed E-state index contributed by atoms with van der Waals surface area (Å²) >= 11 is 0. The maximum atomic E-state index is 12.6. The summed E-state index contributed by atoms with van der Waals surface area (Å²) in [5.74, 6) is -1.02. The second kappa shape index (κ2) is 18.3. The molecule has 4 nitrogen and oxygen atoms in total. The van der Waals surface area contributed by atoms with E-state index in [0.717, 1.165) is 56.2 Å². The lowest BCUT2D eigenvalue weighted by atomic mass is 10.1. The van der Waals surface area contributed by atoms with Crippen LogP contribution in [0.15, 0.2) is 60.7 Å². The number of aryl methyl sites for hydroxylation is 3. The lowest BCUT2D eigenvalue weighted by Gasteiger charge is -2.17. The van der Waals surface area contributed by atoms with E-state index in [1.807, 2.05) is 12.1 Å². The van der Waals surface area contributed by atoms with Crippen LogP contribution in [0, 0.1) is 25.5 Å². The number of hydrogen-bond acceptors (Lipinski definition) is 3. The first kappa shape index (κ1) is 33.1. The monoisotopic (exact) mass is 551 g/mol. The molecular weight excluding hydrogens is 504 g/mol. The highest BCUT2D eigenvalue weighted by Crippen LogP contribution is 2.13. The van der Waals surface area contributed by atoms with Gasteiger partial charge in [-0.1, -0.05) is 62.6 Å². The number of nitrogens with zero attached hydrogens (tertiary/aromatic N) is 1. The predicted molar refractivity (Wildman–Crippen MR) is 163 cm³/mol. The predicted octanol–water partition coefficient (Wildman–Crippen LogP) is 7.36. The number of rotatable bonds is 14. The fourth-order valence-electron chi connectivity index (χ4n) is 4.51. The number of benzene rings is 3. The van der Waals surface area contributed by atoms with Gasteiger partial charge < -0.3 is 15.5 Å². The van der Waals surface area contributed by atoms with Crippen molar-refractivity contribution in [2.45, 2.75) is 72.9 Å². The maximum Gasteiger partial charge on any atom is 0.251 e. The second-order valence-electron chi connectivity index (χ2n) is 10.6. The Kier molecular flexibility index (Phi) is 15.1. The first-order chi connectivity index (χ1) is 19.2. The first-order valence-corrected chi connectivity index (χ1v) is 14.5. The molecule has 0 atom stereocenters. The molecule has 0 unspecified atom stereocenters. The molecule has 0 heterocycles. The van der Waals surface area contributed by atoms with Crippen LogP contribution in [0.4, 0.5) is 8.78 Å². The molecule has 2 N–H and O–H groups in total. The Morgan fingerprint density at radius 2 is 1.50 bits per heavy atom. The Labute approximate surface area is 240 Å². The first-order valence-electron chi connectivity index (χ1n) is 14.5. The van der Waals surface area contributed by atoms with E-state index in [4.69, 9.17) is 0 Å². The smallest absolute Gasteiger partial charge is 0.251 e. The molecule has 3 rings (SSSR count). The van der Waals surface area contributed by atoms with Crippen molar-refractivity contribution in [2.75, 3.05) is 26.7 Å². The number of carbonyl (C=O) groups excluding carboxylic acids is 1. The highest BCUT2D eigenvalue weighted by atomic mass is 19.1. The van der Waals surface area contributed by atoms with E-state index in [1.165, 1.54) is 48.1 Å². The summed E-state index contributed by atoms with van der Waals surface area (Å²) in [7, 11) is 2.16. The Morgan fingerprint density at radius 3 is 2.17 bits per heavy atom. The summed E-state index contributed by atoms with van der Waals surface area (Å²) in [6, 6.07) is 18.3. The third-order valence-corrected chi connectivity index (χ3v) is 6.55. The molecule has 0 spiro atoms. The molecule has 0 aliphatic heterocycles. The van der Waals surface area contributed by atoms with Gasteiger partial charge in [-0.05, 0) is 99.8 Å². The molecule has 0 saturated heterocycles. The van der Waals surface area contributed by atoms with Crippen LogP contribution >= 0.6 is 0 Å². The highest BCUT2D eigenvalue weighted by molar-refractivity contribution is 5.94. The molecule has 3 aromatic rings. The maximum absolute atomic E-state index is 12.6. The largest absolute Gasteiger partial charge is 0.352 e. The zero-order valence-corrected chi connectivity index (χ0v) is 25.0. The van der Waals surface area contributed by atoms with Crippen LogP contribution in [0.25, 0.3) is 0 Å². The minimum Gasteiger partial charge on any atom is -0.352 e. The number of carbonyl (C=O) groups is 1. The van der Waals surface area contributed by atoms with Crippen molar-refractivity contribution in [3.8, 4) is 0 Å². The minimum atomic E-state index is -0.521. The Balaban J connectivity index is 0.000000526. The van der Waals surface area contributed by atoms with Gasteiger partial charge in [0.15, 0.2) is 0 Å². The average Bonchev–Trinajstić information content (AvgIpc) is 2.90. The second-order valence-corrected chi connectivity index (χ2v) is 10.6. The van der Waals surface area contributed by atoms with Crippen LogP contribution in [0.2, 0.25) is 0 Å². The van der Waals surface area contributed by atoms with Crippen LogP contribution in [0.1, 0.15) is 77.7 Å². The summed E-state index contributed by atoms with van der Waals surface area (Å²) in [6.07, 6.45) is 5.72. The standard InChI is InChI=1S/C27H41N3O.C7H6F2/c1-5-7-8-15-30(4)21-25-16-22(3)17-26(19-25)27(31)29-14-10-13-28-20-24-12-9-11-23(6-2)18-24;1-5-2-6(8)4-7(9)3-5/h9,11-12,16-19,28H,5-8,10,13-15,20-21H2,1-4H3,(H,29,31);2-4H,1H3. The van der Waals surface area contributed by atoms with Crippen LogP contribution in [-0.2, 0) is 19.5 Å². The zero-order valence-electron chi connectivity index (χ0n) is 25.0. The molecule has 3 aromatic carbocycles. The van der Waals surface area contributed by atoms with E-state index >= 15 is 0 Å².